The first-order valence-electron chi connectivity index (χ1n) is 7.97. The molecule has 122 valence electrons. The standard InChI is InChI=1S/C15H33NO3S/c1-5-6-7-8-9-10-11-12-13-16(3,4)15(2)14-20(17,18)19/h15H,5-14H2,1-4H3/p+1. The van der Waals surface area contributed by atoms with Gasteiger partial charge in [0.1, 0.15) is 11.8 Å². The van der Waals surface area contributed by atoms with E-state index in [1.165, 1.54) is 44.9 Å². The van der Waals surface area contributed by atoms with Crippen molar-refractivity contribution in [1.29, 1.82) is 0 Å². The summed E-state index contributed by atoms with van der Waals surface area (Å²) in [7, 11) is 0.207. The second-order valence-electron chi connectivity index (χ2n) is 6.57. The molecule has 1 atom stereocenters. The number of hydrogen-bond acceptors (Lipinski definition) is 2. The molecule has 5 heteroatoms. The summed E-state index contributed by atoms with van der Waals surface area (Å²) in [4.78, 5) is 0. The lowest BCUT2D eigenvalue weighted by Crippen LogP contribution is -2.50. The van der Waals surface area contributed by atoms with Gasteiger partial charge in [0.25, 0.3) is 10.1 Å². The average molecular weight is 309 g/mol. The summed E-state index contributed by atoms with van der Waals surface area (Å²) < 4.78 is 31.4. The van der Waals surface area contributed by atoms with Crippen LogP contribution in [-0.4, -0.2) is 49.9 Å². The van der Waals surface area contributed by atoms with Crippen LogP contribution < -0.4 is 0 Å². The first-order valence-corrected chi connectivity index (χ1v) is 9.58. The summed E-state index contributed by atoms with van der Waals surface area (Å²) in [5.41, 5.74) is 0. The molecule has 20 heavy (non-hydrogen) atoms. The van der Waals surface area contributed by atoms with Crippen LogP contribution in [0.3, 0.4) is 0 Å². The van der Waals surface area contributed by atoms with Crippen molar-refractivity contribution in [2.75, 3.05) is 26.4 Å². The van der Waals surface area contributed by atoms with E-state index in [9.17, 15) is 8.42 Å². The molecule has 0 bridgehead atoms. The van der Waals surface area contributed by atoms with Gasteiger partial charge in [0.05, 0.1) is 20.6 Å². The van der Waals surface area contributed by atoms with Crippen LogP contribution in [0.2, 0.25) is 0 Å². The molecule has 0 saturated heterocycles. The van der Waals surface area contributed by atoms with Crippen molar-refractivity contribution in [2.45, 2.75) is 71.3 Å². The fourth-order valence-electron chi connectivity index (χ4n) is 2.38. The highest BCUT2D eigenvalue weighted by atomic mass is 32.2. The number of unbranched alkanes of at least 4 members (excludes halogenated alkanes) is 7. The normalized spacial score (nSPS) is 14.4. The summed E-state index contributed by atoms with van der Waals surface area (Å²) in [6.45, 7) is 5.08. The molecule has 0 aliphatic rings. The predicted molar refractivity (Wildman–Crippen MR) is 85.5 cm³/mol. The highest BCUT2D eigenvalue weighted by molar-refractivity contribution is 7.85. The highest BCUT2D eigenvalue weighted by Crippen LogP contribution is 2.13. The molecule has 0 fully saturated rings. The minimum atomic E-state index is -3.87. The van der Waals surface area contributed by atoms with E-state index in [-0.39, 0.29) is 11.8 Å². The molecule has 0 rings (SSSR count). The van der Waals surface area contributed by atoms with Crippen LogP contribution >= 0.6 is 0 Å². The number of quaternary nitrogens is 1. The van der Waals surface area contributed by atoms with Crippen LogP contribution in [0.15, 0.2) is 0 Å². The van der Waals surface area contributed by atoms with E-state index in [1.54, 1.807) is 0 Å². The van der Waals surface area contributed by atoms with Gasteiger partial charge < -0.3 is 4.48 Å². The smallest absolute Gasteiger partial charge is 0.270 e. The quantitative estimate of drug-likeness (QED) is 0.341. The highest BCUT2D eigenvalue weighted by Gasteiger charge is 2.27. The predicted octanol–water partition coefficient (Wildman–Crippen LogP) is 3.48. The van der Waals surface area contributed by atoms with E-state index in [0.717, 1.165) is 13.0 Å². The Morgan fingerprint density at radius 3 is 1.85 bits per heavy atom. The van der Waals surface area contributed by atoms with Gasteiger partial charge >= 0.3 is 0 Å². The second kappa shape index (κ2) is 9.74. The van der Waals surface area contributed by atoms with Gasteiger partial charge in [0.2, 0.25) is 0 Å². The zero-order valence-electron chi connectivity index (χ0n) is 13.8. The van der Waals surface area contributed by atoms with Gasteiger partial charge in [-0.2, -0.15) is 8.42 Å². The molecule has 1 N–H and O–H groups in total. The van der Waals surface area contributed by atoms with Crippen molar-refractivity contribution >= 4 is 10.1 Å². The topological polar surface area (TPSA) is 54.4 Å². The van der Waals surface area contributed by atoms with Crippen LogP contribution in [0, 0.1) is 0 Å². The molecule has 4 nitrogen and oxygen atoms in total. The monoisotopic (exact) mass is 308 g/mol. The fourth-order valence-corrected chi connectivity index (χ4v) is 3.39. The van der Waals surface area contributed by atoms with Crippen molar-refractivity contribution in [1.82, 2.24) is 0 Å². The van der Waals surface area contributed by atoms with E-state index in [2.05, 4.69) is 6.92 Å². The summed E-state index contributed by atoms with van der Waals surface area (Å²) in [6.07, 6.45) is 10.2. The molecule has 0 aliphatic heterocycles. The van der Waals surface area contributed by atoms with Gasteiger partial charge in [-0.05, 0) is 19.8 Å². The molecule has 0 aliphatic carbocycles. The Hall–Kier alpha value is -0.130. The summed E-state index contributed by atoms with van der Waals surface area (Å²) in [5.74, 6) is -0.156. The first kappa shape index (κ1) is 19.9. The lowest BCUT2D eigenvalue weighted by molar-refractivity contribution is -0.910. The van der Waals surface area contributed by atoms with Gasteiger partial charge in [0, 0.05) is 0 Å². The lowest BCUT2D eigenvalue weighted by Gasteiger charge is -2.35. The summed E-state index contributed by atoms with van der Waals surface area (Å²) in [5, 5.41) is 0. The van der Waals surface area contributed by atoms with E-state index >= 15 is 0 Å². The van der Waals surface area contributed by atoms with Crippen LogP contribution in [0.5, 0.6) is 0 Å². The third-order valence-corrected chi connectivity index (χ3v) is 5.14. The van der Waals surface area contributed by atoms with E-state index < -0.39 is 10.1 Å². The van der Waals surface area contributed by atoms with Gasteiger partial charge in [0.15, 0.2) is 0 Å². The molecule has 1 unspecified atom stereocenters. The van der Waals surface area contributed by atoms with Crippen LogP contribution in [0.1, 0.15) is 65.2 Å². The Bertz CT molecular complexity index is 339. The Morgan fingerprint density at radius 1 is 0.950 bits per heavy atom. The molecule has 0 heterocycles. The van der Waals surface area contributed by atoms with Gasteiger partial charge in [-0.3, -0.25) is 4.55 Å². The molecular formula is C15H34NO3S+. The van der Waals surface area contributed by atoms with Crippen LogP contribution in [-0.2, 0) is 10.1 Å². The number of nitrogens with zero attached hydrogens (tertiary/aromatic N) is 1. The van der Waals surface area contributed by atoms with E-state index in [0.29, 0.717) is 4.48 Å². The van der Waals surface area contributed by atoms with Crippen molar-refractivity contribution in [3.63, 3.8) is 0 Å². The first-order chi connectivity index (χ1) is 9.19. The minimum absolute atomic E-state index is 0.0745. The Morgan fingerprint density at radius 2 is 1.40 bits per heavy atom. The van der Waals surface area contributed by atoms with Gasteiger partial charge in [-0.15, -0.1) is 0 Å². The number of rotatable bonds is 12. The maximum absolute atomic E-state index is 10.9. The van der Waals surface area contributed by atoms with Crippen molar-refractivity contribution < 1.29 is 17.5 Å². The average Bonchev–Trinajstić information content (AvgIpc) is 2.30. The molecule has 0 radical (unpaired) electrons. The van der Waals surface area contributed by atoms with Gasteiger partial charge in [-0.25, -0.2) is 0 Å². The minimum Gasteiger partial charge on any atom is -0.325 e. The zero-order valence-corrected chi connectivity index (χ0v) is 14.6. The van der Waals surface area contributed by atoms with Crippen molar-refractivity contribution in [3.05, 3.63) is 0 Å². The molecule has 0 aromatic rings. The number of hydrogen-bond donors (Lipinski definition) is 1. The SMILES string of the molecule is CCCCCCCCCC[N+](C)(C)C(C)CS(=O)(=O)O. The Kier molecular flexibility index (Phi) is 9.68. The zero-order chi connectivity index (χ0) is 15.6. The van der Waals surface area contributed by atoms with Crippen molar-refractivity contribution in [2.24, 2.45) is 0 Å². The molecule has 0 spiro atoms. The summed E-state index contributed by atoms with van der Waals surface area (Å²) in [6, 6.07) is -0.0745. The second-order valence-corrected chi connectivity index (χ2v) is 8.07. The third kappa shape index (κ3) is 10.6. The lowest BCUT2D eigenvalue weighted by atomic mass is 10.1. The molecule has 0 amide bonds. The third-order valence-electron chi connectivity index (χ3n) is 4.23. The summed E-state index contributed by atoms with van der Waals surface area (Å²) >= 11 is 0. The molecular weight excluding hydrogens is 274 g/mol. The molecule has 0 aromatic carbocycles. The van der Waals surface area contributed by atoms with Crippen molar-refractivity contribution in [3.8, 4) is 0 Å². The Balaban J connectivity index is 3.76. The van der Waals surface area contributed by atoms with Gasteiger partial charge in [-0.1, -0.05) is 45.4 Å². The van der Waals surface area contributed by atoms with E-state index in [4.69, 9.17) is 4.55 Å². The Labute approximate surface area is 125 Å². The van der Waals surface area contributed by atoms with Crippen LogP contribution in [0.4, 0.5) is 0 Å². The molecule has 0 saturated carbocycles. The van der Waals surface area contributed by atoms with Crippen LogP contribution in [0.25, 0.3) is 0 Å². The largest absolute Gasteiger partial charge is 0.325 e. The maximum Gasteiger partial charge on any atom is 0.270 e. The fraction of sp³-hybridized carbons (Fsp3) is 1.00. The van der Waals surface area contributed by atoms with E-state index in [1.807, 2.05) is 21.0 Å². The molecule has 0 aromatic heterocycles. The maximum atomic E-state index is 10.9.